The number of alkyl carbamates (subject to hydrolysis) is 1. The number of methoxy groups -OCH3 is 2. The lowest BCUT2D eigenvalue weighted by atomic mass is 9.84. The van der Waals surface area contributed by atoms with Gasteiger partial charge in [-0.25, -0.2) is 4.79 Å². The van der Waals surface area contributed by atoms with Gasteiger partial charge < -0.3 is 39.2 Å². The third-order valence-electron chi connectivity index (χ3n) is 7.89. The molecule has 2 aliphatic heterocycles. The molecule has 224 valence electrons. The lowest BCUT2D eigenvalue weighted by molar-refractivity contribution is -0.142. The van der Waals surface area contributed by atoms with Crippen molar-refractivity contribution >= 4 is 23.4 Å². The summed E-state index contributed by atoms with van der Waals surface area (Å²) >= 11 is 6.41. The van der Waals surface area contributed by atoms with Crippen LogP contribution < -0.4 is 15.0 Å². The SMILES string of the molecule is CCC(O)C1(C)OC1C(C)C1CC(O)(C(/C=C/C=C(\C)Cc2cc(OC)c(Cl)c(N(C)CO)c2)OC)NC(=O)O1. The number of amides is 1. The van der Waals surface area contributed by atoms with E-state index < -0.39 is 35.7 Å². The largest absolute Gasteiger partial charge is 0.495 e. The fourth-order valence-electron chi connectivity index (χ4n) is 5.34. The Bertz CT molecular complexity index is 1110. The first kappa shape index (κ1) is 32.2. The fraction of sp³-hybridized carbons (Fsp3) is 0.621. The molecule has 3 rings (SSSR count). The van der Waals surface area contributed by atoms with Crippen LogP contribution in [-0.2, 0) is 20.6 Å². The van der Waals surface area contributed by atoms with E-state index in [0.29, 0.717) is 29.3 Å². The maximum absolute atomic E-state index is 12.5. The highest BCUT2D eigenvalue weighted by atomic mass is 35.5. The molecule has 10 nitrogen and oxygen atoms in total. The van der Waals surface area contributed by atoms with Crippen LogP contribution in [0.25, 0.3) is 0 Å². The summed E-state index contributed by atoms with van der Waals surface area (Å²) in [7, 11) is 4.73. The Hall–Kier alpha value is -2.34. The highest BCUT2D eigenvalue weighted by Gasteiger charge is 2.62. The maximum Gasteiger partial charge on any atom is 0.409 e. The molecule has 11 heteroatoms. The van der Waals surface area contributed by atoms with E-state index in [1.54, 1.807) is 31.2 Å². The van der Waals surface area contributed by atoms with Crippen LogP contribution in [0.5, 0.6) is 5.75 Å². The predicted molar refractivity (Wildman–Crippen MR) is 153 cm³/mol. The summed E-state index contributed by atoms with van der Waals surface area (Å²) in [6, 6.07) is 3.75. The van der Waals surface area contributed by atoms with Crippen LogP contribution in [0.2, 0.25) is 5.02 Å². The average molecular weight is 583 g/mol. The van der Waals surface area contributed by atoms with Crippen LogP contribution in [0.1, 0.15) is 46.1 Å². The first-order valence-electron chi connectivity index (χ1n) is 13.5. The second-order valence-corrected chi connectivity index (χ2v) is 11.3. The van der Waals surface area contributed by atoms with E-state index in [9.17, 15) is 20.1 Å². The van der Waals surface area contributed by atoms with E-state index in [1.165, 1.54) is 7.11 Å². The first-order chi connectivity index (χ1) is 18.8. The fourth-order valence-corrected chi connectivity index (χ4v) is 5.67. The van der Waals surface area contributed by atoms with Crippen LogP contribution in [-0.4, -0.2) is 85.2 Å². The third kappa shape index (κ3) is 6.92. The normalized spacial score (nSPS) is 29.0. The highest BCUT2D eigenvalue weighted by Crippen LogP contribution is 2.47. The molecule has 7 unspecified atom stereocenters. The molecule has 2 heterocycles. The summed E-state index contributed by atoms with van der Waals surface area (Å²) in [5, 5.41) is 34.3. The van der Waals surface area contributed by atoms with E-state index in [1.807, 2.05) is 45.9 Å². The number of allylic oxidation sites excluding steroid dienone is 3. The molecule has 4 N–H and O–H groups in total. The zero-order valence-electron chi connectivity index (χ0n) is 24.3. The van der Waals surface area contributed by atoms with Gasteiger partial charge in [0.05, 0.1) is 25.0 Å². The second kappa shape index (κ2) is 13.1. The molecule has 1 aromatic carbocycles. The Kier molecular flexibility index (Phi) is 10.5. The second-order valence-electron chi connectivity index (χ2n) is 10.9. The number of carbonyl (C=O) groups is 1. The number of hydrogen-bond donors (Lipinski definition) is 4. The van der Waals surface area contributed by atoms with E-state index in [2.05, 4.69) is 5.32 Å². The van der Waals surface area contributed by atoms with Crippen LogP contribution >= 0.6 is 11.6 Å². The van der Waals surface area contributed by atoms with Crippen molar-refractivity contribution in [3.05, 3.63) is 46.5 Å². The van der Waals surface area contributed by atoms with E-state index in [4.69, 9.17) is 30.5 Å². The van der Waals surface area contributed by atoms with Crippen molar-refractivity contribution in [3.63, 3.8) is 0 Å². The average Bonchev–Trinajstić information content (AvgIpc) is 3.62. The Balaban J connectivity index is 1.72. The van der Waals surface area contributed by atoms with Gasteiger partial charge in [-0.2, -0.15) is 0 Å². The van der Waals surface area contributed by atoms with E-state index in [-0.39, 0.29) is 25.2 Å². The number of ether oxygens (including phenoxy) is 4. The molecule has 40 heavy (non-hydrogen) atoms. The monoisotopic (exact) mass is 582 g/mol. The molecule has 7 atom stereocenters. The van der Waals surface area contributed by atoms with Crippen LogP contribution in [0.3, 0.4) is 0 Å². The zero-order valence-corrected chi connectivity index (χ0v) is 25.1. The van der Waals surface area contributed by atoms with Gasteiger partial charge in [0.2, 0.25) is 0 Å². The number of aliphatic hydroxyl groups is 3. The molecule has 0 aromatic heterocycles. The predicted octanol–water partition coefficient (Wildman–Crippen LogP) is 3.55. The van der Waals surface area contributed by atoms with Crippen molar-refractivity contribution in [2.24, 2.45) is 5.92 Å². The van der Waals surface area contributed by atoms with Gasteiger partial charge in [-0.3, -0.25) is 5.32 Å². The van der Waals surface area contributed by atoms with Gasteiger partial charge >= 0.3 is 6.09 Å². The molecule has 0 saturated carbocycles. The van der Waals surface area contributed by atoms with Gasteiger partial charge in [0.25, 0.3) is 0 Å². The number of benzene rings is 1. The molecule has 0 spiro atoms. The van der Waals surface area contributed by atoms with Crippen molar-refractivity contribution in [2.45, 2.75) is 82.7 Å². The quantitative estimate of drug-likeness (QED) is 0.156. The van der Waals surface area contributed by atoms with Crippen molar-refractivity contribution < 1.29 is 39.1 Å². The van der Waals surface area contributed by atoms with E-state index >= 15 is 0 Å². The van der Waals surface area contributed by atoms with Gasteiger partial charge in [0.15, 0.2) is 5.72 Å². The summed E-state index contributed by atoms with van der Waals surface area (Å²) in [5.41, 5.74) is 0.195. The van der Waals surface area contributed by atoms with Gasteiger partial charge in [-0.15, -0.1) is 0 Å². The molecule has 2 fully saturated rings. The Morgan fingerprint density at radius 1 is 1.38 bits per heavy atom. The smallest absolute Gasteiger partial charge is 0.409 e. The number of carbonyl (C=O) groups excluding carboxylic acids is 1. The molecule has 1 aromatic rings. The minimum Gasteiger partial charge on any atom is -0.495 e. The van der Waals surface area contributed by atoms with Crippen molar-refractivity contribution in [2.75, 3.05) is 32.9 Å². The highest BCUT2D eigenvalue weighted by molar-refractivity contribution is 6.34. The van der Waals surface area contributed by atoms with E-state index in [0.717, 1.165) is 11.1 Å². The number of nitrogens with one attached hydrogen (secondary N) is 1. The van der Waals surface area contributed by atoms with Crippen LogP contribution in [0.15, 0.2) is 35.9 Å². The molecular formula is C29H43ClN2O8. The van der Waals surface area contributed by atoms with Crippen LogP contribution in [0.4, 0.5) is 10.5 Å². The molecule has 0 radical (unpaired) electrons. The summed E-state index contributed by atoms with van der Waals surface area (Å²) in [5.74, 6) is 0.262. The van der Waals surface area contributed by atoms with Gasteiger partial charge in [-0.05, 0) is 44.4 Å². The van der Waals surface area contributed by atoms with Crippen molar-refractivity contribution in [1.82, 2.24) is 5.32 Å². The summed E-state index contributed by atoms with van der Waals surface area (Å²) in [6.07, 6.45) is 3.40. The number of hydrogen-bond acceptors (Lipinski definition) is 9. The number of aliphatic hydroxyl groups excluding tert-OH is 2. The topological polar surface area (TPSA) is 133 Å². The number of rotatable bonds is 13. The van der Waals surface area contributed by atoms with Crippen molar-refractivity contribution in [3.8, 4) is 5.75 Å². The number of anilines is 1. The summed E-state index contributed by atoms with van der Waals surface area (Å²) in [4.78, 5) is 14.1. The van der Waals surface area contributed by atoms with Crippen LogP contribution in [0, 0.1) is 5.92 Å². The van der Waals surface area contributed by atoms with Gasteiger partial charge in [0.1, 0.15) is 35.3 Å². The summed E-state index contributed by atoms with van der Waals surface area (Å²) in [6.45, 7) is 7.39. The first-order valence-corrected chi connectivity index (χ1v) is 13.8. The third-order valence-corrected chi connectivity index (χ3v) is 8.27. The maximum atomic E-state index is 12.5. The number of cyclic esters (lactones) is 1. The number of epoxide rings is 1. The van der Waals surface area contributed by atoms with Crippen molar-refractivity contribution in [1.29, 1.82) is 0 Å². The Morgan fingerprint density at radius 2 is 2.08 bits per heavy atom. The molecule has 0 aliphatic carbocycles. The Morgan fingerprint density at radius 3 is 2.67 bits per heavy atom. The standard InChI is InChI=1S/C29H43ClN2O8/c1-8-23(34)28(4)26(40-28)18(3)22-15-29(36,31-27(35)39-22)24(38-7)11-9-10-17(2)12-19-13-20(32(5)16-33)25(30)21(14-19)37-6/h9-11,13-14,18,22-24,26,33-34,36H,8,12,15-16H2,1-7H3,(H,31,35)/b11-9+,17-10+. The minimum atomic E-state index is -1.71. The lowest BCUT2D eigenvalue weighted by Crippen LogP contribution is -2.63. The minimum absolute atomic E-state index is 0.0787. The lowest BCUT2D eigenvalue weighted by Gasteiger charge is -2.42. The molecule has 2 saturated heterocycles. The summed E-state index contributed by atoms with van der Waals surface area (Å²) < 4.78 is 22.3. The van der Waals surface area contributed by atoms with Gasteiger partial charge in [-0.1, -0.05) is 49.2 Å². The molecule has 0 bridgehead atoms. The number of halogens is 1. The zero-order chi connectivity index (χ0) is 29.8. The Labute approximate surface area is 241 Å². The van der Waals surface area contributed by atoms with Gasteiger partial charge in [0, 0.05) is 26.5 Å². The molecule has 2 aliphatic rings. The molecule has 1 amide bonds. The molecular weight excluding hydrogens is 540 g/mol. The number of nitrogens with zero attached hydrogens (tertiary/aromatic N) is 1.